The number of carbonyl (C=O) groups excluding carboxylic acids is 1. The van der Waals surface area contributed by atoms with Crippen molar-refractivity contribution in [3.05, 3.63) is 42.1 Å². The molecule has 1 amide bonds. The standard InChI is InChI=1S/C20H24N6OS/c1-2-14-7-9-15(10-8-14)19-23-20(25-24-19)28-13-18(27)22-17-11-12-21-26(17)16-5-3-4-6-16/h7-12,16H,2-6,13H2,1H3,(H,22,27)(H,23,24,25). The number of anilines is 1. The summed E-state index contributed by atoms with van der Waals surface area (Å²) in [5, 5.41) is 15.1. The molecule has 0 saturated heterocycles. The molecule has 2 aromatic heterocycles. The highest BCUT2D eigenvalue weighted by Crippen LogP contribution is 2.31. The zero-order chi connectivity index (χ0) is 19.3. The van der Waals surface area contributed by atoms with Gasteiger partial charge in [-0.2, -0.15) is 5.10 Å². The minimum atomic E-state index is -0.0802. The van der Waals surface area contributed by atoms with Gasteiger partial charge in [-0.25, -0.2) is 9.67 Å². The van der Waals surface area contributed by atoms with Gasteiger partial charge in [-0.3, -0.25) is 9.89 Å². The second-order valence-electron chi connectivity index (χ2n) is 6.95. The average Bonchev–Trinajstić information content (AvgIpc) is 3.47. The predicted molar refractivity (Wildman–Crippen MR) is 110 cm³/mol. The molecule has 4 rings (SSSR count). The third kappa shape index (κ3) is 4.27. The molecule has 28 heavy (non-hydrogen) atoms. The summed E-state index contributed by atoms with van der Waals surface area (Å²) in [6, 6.07) is 10.5. The molecule has 3 aromatic rings. The van der Waals surface area contributed by atoms with Crippen LogP contribution in [0.1, 0.15) is 44.2 Å². The number of hydrogen-bond acceptors (Lipinski definition) is 5. The number of hydrogen-bond donors (Lipinski definition) is 2. The topological polar surface area (TPSA) is 88.5 Å². The lowest BCUT2D eigenvalue weighted by Gasteiger charge is -2.14. The van der Waals surface area contributed by atoms with E-state index in [4.69, 9.17) is 0 Å². The molecular weight excluding hydrogens is 372 g/mol. The van der Waals surface area contributed by atoms with Gasteiger partial charge in [0.2, 0.25) is 11.1 Å². The van der Waals surface area contributed by atoms with Gasteiger partial charge in [-0.15, -0.1) is 5.10 Å². The SMILES string of the molecule is CCc1ccc(-c2nc(SCC(=O)Nc3ccnn3C3CCCC3)n[nH]2)cc1. The van der Waals surface area contributed by atoms with Crippen molar-refractivity contribution < 1.29 is 4.79 Å². The summed E-state index contributed by atoms with van der Waals surface area (Å²) in [6.07, 6.45) is 7.44. The summed E-state index contributed by atoms with van der Waals surface area (Å²) in [5.41, 5.74) is 2.27. The molecule has 0 unspecified atom stereocenters. The highest BCUT2D eigenvalue weighted by atomic mass is 32.2. The first kappa shape index (κ1) is 18.7. The Hall–Kier alpha value is -2.61. The van der Waals surface area contributed by atoms with Gasteiger partial charge in [0.15, 0.2) is 5.82 Å². The van der Waals surface area contributed by atoms with Crippen LogP contribution >= 0.6 is 11.8 Å². The molecule has 2 heterocycles. The minimum absolute atomic E-state index is 0.0802. The van der Waals surface area contributed by atoms with Crippen molar-refractivity contribution in [2.24, 2.45) is 0 Å². The van der Waals surface area contributed by atoms with Gasteiger partial charge < -0.3 is 5.32 Å². The first-order chi connectivity index (χ1) is 13.7. The van der Waals surface area contributed by atoms with Gasteiger partial charge in [0, 0.05) is 11.6 Å². The van der Waals surface area contributed by atoms with Crippen molar-refractivity contribution >= 4 is 23.5 Å². The van der Waals surface area contributed by atoms with Crippen LogP contribution in [0.3, 0.4) is 0 Å². The summed E-state index contributed by atoms with van der Waals surface area (Å²) < 4.78 is 1.94. The summed E-state index contributed by atoms with van der Waals surface area (Å²) in [5.74, 6) is 1.65. The first-order valence-corrected chi connectivity index (χ1v) is 10.7. The Labute approximate surface area is 168 Å². The average molecular weight is 397 g/mol. The van der Waals surface area contributed by atoms with Crippen molar-refractivity contribution in [1.82, 2.24) is 25.0 Å². The lowest BCUT2D eigenvalue weighted by Crippen LogP contribution is -2.19. The van der Waals surface area contributed by atoms with Crippen LogP contribution in [-0.2, 0) is 11.2 Å². The molecule has 8 heteroatoms. The van der Waals surface area contributed by atoms with Crippen LogP contribution < -0.4 is 5.32 Å². The zero-order valence-electron chi connectivity index (χ0n) is 15.9. The summed E-state index contributed by atoms with van der Waals surface area (Å²) in [7, 11) is 0. The van der Waals surface area contributed by atoms with E-state index in [-0.39, 0.29) is 11.7 Å². The number of carbonyl (C=O) groups is 1. The van der Waals surface area contributed by atoms with E-state index in [9.17, 15) is 4.79 Å². The largest absolute Gasteiger partial charge is 0.310 e. The van der Waals surface area contributed by atoms with Crippen LogP contribution in [0.25, 0.3) is 11.4 Å². The smallest absolute Gasteiger partial charge is 0.235 e. The van der Waals surface area contributed by atoms with Crippen LogP contribution in [0.5, 0.6) is 0 Å². The number of nitrogens with one attached hydrogen (secondary N) is 2. The molecule has 2 N–H and O–H groups in total. The maximum Gasteiger partial charge on any atom is 0.235 e. The van der Waals surface area contributed by atoms with Crippen LogP contribution in [-0.4, -0.2) is 36.6 Å². The monoisotopic (exact) mass is 396 g/mol. The molecule has 1 fully saturated rings. The molecule has 1 aliphatic carbocycles. The van der Waals surface area contributed by atoms with Gasteiger partial charge in [-0.05, 0) is 24.8 Å². The van der Waals surface area contributed by atoms with Crippen molar-refractivity contribution in [2.75, 3.05) is 11.1 Å². The van der Waals surface area contributed by atoms with Crippen molar-refractivity contribution in [3.8, 4) is 11.4 Å². The number of aromatic nitrogens is 5. The van der Waals surface area contributed by atoms with E-state index >= 15 is 0 Å². The molecule has 1 aromatic carbocycles. The number of aromatic amines is 1. The Morgan fingerprint density at radius 3 is 2.79 bits per heavy atom. The lowest BCUT2D eigenvalue weighted by atomic mass is 10.1. The van der Waals surface area contributed by atoms with E-state index in [1.165, 1.54) is 30.2 Å². The van der Waals surface area contributed by atoms with Gasteiger partial charge in [0.25, 0.3) is 0 Å². The summed E-state index contributed by atoms with van der Waals surface area (Å²) in [4.78, 5) is 16.8. The maximum absolute atomic E-state index is 12.4. The second kappa shape index (κ2) is 8.60. The molecule has 146 valence electrons. The maximum atomic E-state index is 12.4. The fourth-order valence-electron chi connectivity index (χ4n) is 3.50. The van der Waals surface area contributed by atoms with Crippen LogP contribution in [0.15, 0.2) is 41.7 Å². The van der Waals surface area contributed by atoms with Gasteiger partial charge in [0.05, 0.1) is 18.0 Å². The number of rotatable bonds is 7. The molecule has 1 saturated carbocycles. The summed E-state index contributed by atoms with van der Waals surface area (Å²) in [6.45, 7) is 2.13. The fourth-order valence-corrected chi connectivity index (χ4v) is 4.10. The Morgan fingerprint density at radius 1 is 1.25 bits per heavy atom. The number of amides is 1. The van der Waals surface area contributed by atoms with E-state index in [0.717, 1.165) is 30.6 Å². The number of aryl methyl sites for hydroxylation is 1. The van der Waals surface area contributed by atoms with Crippen molar-refractivity contribution in [2.45, 2.75) is 50.2 Å². The molecule has 7 nitrogen and oxygen atoms in total. The first-order valence-electron chi connectivity index (χ1n) is 9.71. The van der Waals surface area contributed by atoms with Crippen molar-refractivity contribution in [1.29, 1.82) is 0 Å². The van der Waals surface area contributed by atoms with Gasteiger partial charge in [-0.1, -0.05) is 55.8 Å². The second-order valence-corrected chi connectivity index (χ2v) is 7.90. The minimum Gasteiger partial charge on any atom is -0.310 e. The molecule has 0 spiro atoms. The predicted octanol–water partition coefficient (Wildman–Crippen LogP) is 4.08. The Balaban J connectivity index is 1.33. The molecule has 0 aliphatic heterocycles. The number of H-pyrrole nitrogens is 1. The third-order valence-corrected chi connectivity index (χ3v) is 5.89. The zero-order valence-corrected chi connectivity index (χ0v) is 16.7. The molecular formula is C20H24N6OS. The molecule has 1 aliphatic rings. The summed E-state index contributed by atoms with van der Waals surface area (Å²) >= 11 is 1.32. The fraction of sp³-hybridized carbons (Fsp3) is 0.400. The van der Waals surface area contributed by atoms with Crippen LogP contribution in [0.2, 0.25) is 0 Å². The number of nitrogens with zero attached hydrogens (tertiary/aromatic N) is 4. The number of thioether (sulfide) groups is 1. The van der Waals surface area contributed by atoms with Crippen LogP contribution in [0, 0.1) is 0 Å². The van der Waals surface area contributed by atoms with Gasteiger partial charge >= 0.3 is 0 Å². The van der Waals surface area contributed by atoms with Crippen LogP contribution in [0.4, 0.5) is 5.82 Å². The molecule has 0 atom stereocenters. The quantitative estimate of drug-likeness (QED) is 0.588. The van der Waals surface area contributed by atoms with E-state index < -0.39 is 0 Å². The normalized spacial score (nSPS) is 14.5. The Kier molecular flexibility index (Phi) is 5.76. The highest BCUT2D eigenvalue weighted by Gasteiger charge is 2.20. The Bertz CT molecular complexity index is 926. The van der Waals surface area contributed by atoms with E-state index in [0.29, 0.717) is 17.0 Å². The number of benzene rings is 1. The molecule has 0 radical (unpaired) electrons. The van der Waals surface area contributed by atoms with Crippen molar-refractivity contribution in [3.63, 3.8) is 0 Å². The lowest BCUT2D eigenvalue weighted by molar-refractivity contribution is -0.113. The van der Waals surface area contributed by atoms with E-state index in [2.05, 4.69) is 44.7 Å². The molecule has 0 bridgehead atoms. The third-order valence-electron chi connectivity index (χ3n) is 5.04. The van der Waals surface area contributed by atoms with E-state index in [1.54, 1.807) is 6.20 Å². The Morgan fingerprint density at radius 2 is 2.04 bits per heavy atom. The van der Waals surface area contributed by atoms with E-state index in [1.807, 2.05) is 22.9 Å². The highest BCUT2D eigenvalue weighted by molar-refractivity contribution is 7.99. The van der Waals surface area contributed by atoms with Gasteiger partial charge in [0.1, 0.15) is 5.82 Å².